The van der Waals surface area contributed by atoms with Crippen LogP contribution in [0, 0.1) is 0 Å². The van der Waals surface area contributed by atoms with Gasteiger partial charge in [0.25, 0.3) is 0 Å². The molecule has 7 heteroatoms. The second-order valence-corrected chi connectivity index (χ2v) is 6.99. The molecular formula is C23H23NO6. The van der Waals surface area contributed by atoms with Crippen molar-refractivity contribution in [3.05, 3.63) is 59.8 Å². The van der Waals surface area contributed by atoms with Gasteiger partial charge in [0.1, 0.15) is 35.7 Å². The molecule has 2 aromatic carbocycles. The average molecular weight is 409 g/mol. The van der Waals surface area contributed by atoms with Crippen LogP contribution in [-0.4, -0.2) is 30.4 Å². The molecule has 1 atom stereocenters. The van der Waals surface area contributed by atoms with E-state index in [0.29, 0.717) is 23.8 Å². The maximum Gasteiger partial charge on any atom is 0.344 e. The fourth-order valence-electron chi connectivity index (χ4n) is 3.23. The Kier molecular flexibility index (Phi) is 5.88. The number of aromatic nitrogens is 1. The van der Waals surface area contributed by atoms with E-state index in [1.807, 2.05) is 32.0 Å². The predicted octanol–water partition coefficient (Wildman–Crippen LogP) is 4.19. The predicted molar refractivity (Wildman–Crippen MR) is 109 cm³/mol. The van der Waals surface area contributed by atoms with Crippen LogP contribution in [0.15, 0.2) is 53.1 Å². The van der Waals surface area contributed by atoms with E-state index in [1.54, 1.807) is 30.3 Å². The standard InChI is InChI=1S/C23H23NO6/c1-3-26-19-5-7-20(8-6-19)27-14-23(25)28-13-18-12-22(30-24-18)16-4-9-21-17(11-16)10-15(2)29-21/h4-9,11-12,15H,3,10,13-14H2,1-2H3. The lowest BCUT2D eigenvalue weighted by Crippen LogP contribution is -2.14. The number of rotatable bonds is 8. The number of fused-ring (bicyclic) bond motifs is 1. The maximum atomic E-state index is 12.0. The molecule has 0 fully saturated rings. The second kappa shape index (κ2) is 8.90. The molecule has 1 unspecified atom stereocenters. The highest BCUT2D eigenvalue weighted by molar-refractivity contribution is 5.71. The van der Waals surface area contributed by atoms with Crippen LogP contribution in [0.5, 0.6) is 17.2 Å². The van der Waals surface area contributed by atoms with Gasteiger partial charge in [-0.25, -0.2) is 4.79 Å². The summed E-state index contributed by atoms with van der Waals surface area (Å²) in [6, 6.07) is 14.7. The number of esters is 1. The Labute approximate surface area is 174 Å². The van der Waals surface area contributed by atoms with Crippen LogP contribution >= 0.6 is 0 Å². The second-order valence-electron chi connectivity index (χ2n) is 6.99. The fraction of sp³-hybridized carbons (Fsp3) is 0.304. The van der Waals surface area contributed by atoms with Crippen molar-refractivity contribution in [3.63, 3.8) is 0 Å². The van der Waals surface area contributed by atoms with Crippen molar-refractivity contribution in [3.8, 4) is 28.6 Å². The molecule has 0 radical (unpaired) electrons. The summed E-state index contributed by atoms with van der Waals surface area (Å²) in [5, 5.41) is 3.98. The molecule has 30 heavy (non-hydrogen) atoms. The van der Waals surface area contributed by atoms with E-state index in [9.17, 15) is 4.79 Å². The molecule has 1 aliphatic rings. The van der Waals surface area contributed by atoms with Crippen LogP contribution in [0.25, 0.3) is 11.3 Å². The van der Waals surface area contributed by atoms with E-state index < -0.39 is 5.97 Å². The number of nitrogens with zero attached hydrogens (tertiary/aromatic N) is 1. The number of hydrogen-bond donors (Lipinski definition) is 0. The molecule has 0 spiro atoms. The summed E-state index contributed by atoms with van der Waals surface area (Å²) in [5.41, 5.74) is 2.59. The van der Waals surface area contributed by atoms with Gasteiger partial charge in [-0.15, -0.1) is 0 Å². The van der Waals surface area contributed by atoms with Crippen LogP contribution in [-0.2, 0) is 22.6 Å². The van der Waals surface area contributed by atoms with E-state index in [1.165, 1.54) is 0 Å². The average Bonchev–Trinajstić information content (AvgIpc) is 3.37. The van der Waals surface area contributed by atoms with Gasteiger partial charge in [0.15, 0.2) is 12.4 Å². The number of benzene rings is 2. The van der Waals surface area contributed by atoms with E-state index in [4.69, 9.17) is 23.5 Å². The quantitative estimate of drug-likeness (QED) is 0.516. The molecule has 0 aliphatic carbocycles. The first-order valence-electron chi connectivity index (χ1n) is 9.87. The van der Waals surface area contributed by atoms with Crippen LogP contribution in [0.4, 0.5) is 0 Å². The van der Waals surface area contributed by atoms with Crippen molar-refractivity contribution in [2.75, 3.05) is 13.2 Å². The Bertz CT molecular complexity index is 1010. The molecule has 0 amide bonds. The highest BCUT2D eigenvalue weighted by Crippen LogP contribution is 2.33. The molecule has 2 heterocycles. The Hall–Kier alpha value is -3.48. The Morgan fingerprint density at radius 3 is 2.63 bits per heavy atom. The van der Waals surface area contributed by atoms with Gasteiger partial charge in [-0.3, -0.25) is 0 Å². The van der Waals surface area contributed by atoms with E-state index in [0.717, 1.165) is 29.0 Å². The smallest absolute Gasteiger partial charge is 0.344 e. The number of hydrogen-bond acceptors (Lipinski definition) is 7. The van der Waals surface area contributed by atoms with Crippen molar-refractivity contribution < 1.29 is 28.3 Å². The topological polar surface area (TPSA) is 80.0 Å². The lowest BCUT2D eigenvalue weighted by molar-refractivity contribution is -0.147. The summed E-state index contributed by atoms with van der Waals surface area (Å²) in [5.74, 6) is 2.35. The van der Waals surface area contributed by atoms with Gasteiger partial charge >= 0.3 is 5.97 Å². The van der Waals surface area contributed by atoms with Crippen LogP contribution in [0.3, 0.4) is 0 Å². The van der Waals surface area contributed by atoms with Crippen molar-refractivity contribution >= 4 is 5.97 Å². The molecule has 3 aromatic rings. The summed E-state index contributed by atoms with van der Waals surface area (Å²) < 4.78 is 27.1. The third-order valence-corrected chi connectivity index (χ3v) is 4.61. The van der Waals surface area contributed by atoms with Gasteiger partial charge in [0.05, 0.1) is 6.61 Å². The first kappa shape index (κ1) is 19.8. The highest BCUT2D eigenvalue weighted by atomic mass is 16.6. The van der Waals surface area contributed by atoms with Crippen LogP contribution < -0.4 is 14.2 Å². The van der Waals surface area contributed by atoms with Gasteiger partial charge in [-0.1, -0.05) is 5.16 Å². The van der Waals surface area contributed by atoms with E-state index in [-0.39, 0.29) is 19.3 Å². The normalized spacial score (nSPS) is 14.7. The van der Waals surface area contributed by atoms with Gasteiger partial charge < -0.3 is 23.5 Å². The molecule has 0 saturated carbocycles. The summed E-state index contributed by atoms with van der Waals surface area (Å²) in [6.45, 7) is 4.37. The van der Waals surface area contributed by atoms with Crippen molar-refractivity contribution in [1.82, 2.24) is 5.16 Å². The summed E-state index contributed by atoms with van der Waals surface area (Å²) in [4.78, 5) is 12.0. The molecule has 0 saturated heterocycles. The Balaban J connectivity index is 1.27. The summed E-state index contributed by atoms with van der Waals surface area (Å²) in [7, 11) is 0. The molecule has 7 nitrogen and oxygen atoms in total. The van der Waals surface area contributed by atoms with Gasteiger partial charge in [0.2, 0.25) is 0 Å². The Morgan fingerprint density at radius 1 is 1.10 bits per heavy atom. The van der Waals surface area contributed by atoms with E-state index in [2.05, 4.69) is 5.16 Å². The third-order valence-electron chi connectivity index (χ3n) is 4.61. The zero-order valence-electron chi connectivity index (χ0n) is 16.9. The highest BCUT2D eigenvalue weighted by Gasteiger charge is 2.20. The maximum absolute atomic E-state index is 12.0. The first-order chi connectivity index (χ1) is 14.6. The summed E-state index contributed by atoms with van der Waals surface area (Å²) >= 11 is 0. The molecule has 156 valence electrons. The molecule has 1 aliphatic heterocycles. The molecule has 4 rings (SSSR count). The lowest BCUT2D eigenvalue weighted by atomic mass is 10.1. The summed E-state index contributed by atoms with van der Waals surface area (Å²) in [6.07, 6.45) is 1.06. The third kappa shape index (κ3) is 4.74. The van der Waals surface area contributed by atoms with E-state index >= 15 is 0 Å². The lowest BCUT2D eigenvalue weighted by Gasteiger charge is -2.07. The number of carbonyl (C=O) groups excluding carboxylic acids is 1. The SMILES string of the molecule is CCOc1ccc(OCC(=O)OCc2cc(-c3ccc4c(c3)CC(C)O4)on2)cc1. The van der Waals surface area contributed by atoms with Gasteiger partial charge in [0, 0.05) is 18.1 Å². The van der Waals surface area contributed by atoms with Crippen LogP contribution in [0.2, 0.25) is 0 Å². The Morgan fingerprint density at radius 2 is 1.87 bits per heavy atom. The molecule has 1 aromatic heterocycles. The zero-order chi connectivity index (χ0) is 20.9. The molecule has 0 N–H and O–H groups in total. The number of ether oxygens (including phenoxy) is 4. The first-order valence-corrected chi connectivity index (χ1v) is 9.87. The molecular weight excluding hydrogens is 386 g/mol. The minimum atomic E-state index is -0.489. The van der Waals surface area contributed by atoms with Crippen molar-refractivity contribution in [2.24, 2.45) is 0 Å². The van der Waals surface area contributed by atoms with Crippen molar-refractivity contribution in [2.45, 2.75) is 33.0 Å². The molecule has 0 bridgehead atoms. The minimum absolute atomic E-state index is 0.0139. The van der Waals surface area contributed by atoms with Gasteiger partial charge in [-0.2, -0.15) is 0 Å². The van der Waals surface area contributed by atoms with Crippen LogP contribution in [0.1, 0.15) is 25.1 Å². The fourth-order valence-corrected chi connectivity index (χ4v) is 3.23. The monoisotopic (exact) mass is 409 g/mol. The number of carbonyl (C=O) groups is 1. The van der Waals surface area contributed by atoms with Gasteiger partial charge in [-0.05, 0) is 61.9 Å². The zero-order valence-corrected chi connectivity index (χ0v) is 16.9. The van der Waals surface area contributed by atoms with Crippen molar-refractivity contribution in [1.29, 1.82) is 0 Å². The largest absolute Gasteiger partial charge is 0.494 e. The minimum Gasteiger partial charge on any atom is -0.494 e.